The predicted molar refractivity (Wildman–Crippen MR) is 58.4 cm³/mol. The minimum absolute atomic E-state index is 0.163. The Labute approximate surface area is 97.8 Å². The molecule has 0 radical (unpaired) electrons. The van der Waals surface area contributed by atoms with Gasteiger partial charge in [0.15, 0.2) is 5.38 Å². The topological polar surface area (TPSA) is 63.6 Å². The van der Waals surface area contributed by atoms with Crippen molar-refractivity contribution in [1.29, 1.82) is 0 Å². The van der Waals surface area contributed by atoms with Crippen LogP contribution in [0.5, 0.6) is 0 Å². The van der Waals surface area contributed by atoms with Gasteiger partial charge in [-0.05, 0) is 11.1 Å². The quantitative estimate of drug-likeness (QED) is 0.646. The largest absolute Gasteiger partial charge is 0.480 e. The number of hydrogen-bond donors (Lipinski definition) is 1. The fourth-order valence-electron chi connectivity index (χ4n) is 1.19. The van der Waals surface area contributed by atoms with Crippen molar-refractivity contribution in [2.45, 2.75) is 11.8 Å². The van der Waals surface area contributed by atoms with E-state index in [4.69, 9.17) is 16.7 Å². The van der Waals surface area contributed by atoms with Crippen LogP contribution in [0.4, 0.5) is 0 Å². The van der Waals surface area contributed by atoms with Crippen LogP contribution in [0.15, 0.2) is 24.3 Å². The standard InChI is InChI=1S/C11H11ClO4/c1-16-9(13)6-7-2-4-8(5-3-7)10(12)11(14)15/h2-5,10H,6H2,1H3,(H,14,15). The van der Waals surface area contributed by atoms with Gasteiger partial charge < -0.3 is 9.84 Å². The fourth-order valence-corrected chi connectivity index (χ4v) is 1.33. The van der Waals surface area contributed by atoms with E-state index in [2.05, 4.69) is 4.74 Å². The zero-order valence-electron chi connectivity index (χ0n) is 8.64. The van der Waals surface area contributed by atoms with Crippen LogP contribution in [-0.4, -0.2) is 24.2 Å². The van der Waals surface area contributed by atoms with Gasteiger partial charge in [0.1, 0.15) is 0 Å². The molecule has 5 heteroatoms. The zero-order valence-corrected chi connectivity index (χ0v) is 9.40. The molecule has 0 saturated carbocycles. The summed E-state index contributed by atoms with van der Waals surface area (Å²) in [5, 5.41) is 7.62. The molecule has 0 aliphatic heterocycles. The van der Waals surface area contributed by atoms with Gasteiger partial charge in [-0.25, -0.2) is 0 Å². The third-order valence-electron chi connectivity index (χ3n) is 2.07. The summed E-state index contributed by atoms with van der Waals surface area (Å²) in [6.07, 6.45) is 0.163. The van der Waals surface area contributed by atoms with Gasteiger partial charge in [0.25, 0.3) is 0 Å². The summed E-state index contributed by atoms with van der Waals surface area (Å²) >= 11 is 5.64. The number of carbonyl (C=O) groups excluding carboxylic acids is 1. The Morgan fingerprint density at radius 2 is 1.94 bits per heavy atom. The number of benzene rings is 1. The van der Waals surface area contributed by atoms with E-state index >= 15 is 0 Å². The highest BCUT2D eigenvalue weighted by Crippen LogP contribution is 2.20. The second-order valence-electron chi connectivity index (χ2n) is 3.20. The highest BCUT2D eigenvalue weighted by Gasteiger charge is 2.15. The molecule has 0 aliphatic rings. The lowest BCUT2D eigenvalue weighted by Gasteiger charge is -2.05. The molecule has 16 heavy (non-hydrogen) atoms. The van der Waals surface area contributed by atoms with Crippen LogP contribution in [0.3, 0.4) is 0 Å². The van der Waals surface area contributed by atoms with Crippen LogP contribution < -0.4 is 0 Å². The first-order valence-electron chi connectivity index (χ1n) is 4.57. The van der Waals surface area contributed by atoms with Gasteiger partial charge in [0, 0.05) is 0 Å². The molecule has 0 aromatic heterocycles. The summed E-state index contributed by atoms with van der Waals surface area (Å²) in [5.41, 5.74) is 1.24. The van der Waals surface area contributed by atoms with Gasteiger partial charge in [-0.1, -0.05) is 24.3 Å². The normalized spacial score (nSPS) is 11.9. The van der Waals surface area contributed by atoms with Gasteiger partial charge in [-0.2, -0.15) is 0 Å². The van der Waals surface area contributed by atoms with Crippen molar-refractivity contribution in [3.63, 3.8) is 0 Å². The molecule has 0 fully saturated rings. The number of carbonyl (C=O) groups is 2. The van der Waals surface area contributed by atoms with E-state index in [9.17, 15) is 9.59 Å². The highest BCUT2D eigenvalue weighted by atomic mass is 35.5. The lowest BCUT2D eigenvalue weighted by Crippen LogP contribution is -2.06. The molecule has 1 rings (SSSR count). The zero-order chi connectivity index (χ0) is 12.1. The Hall–Kier alpha value is -1.55. The van der Waals surface area contributed by atoms with E-state index in [-0.39, 0.29) is 12.4 Å². The van der Waals surface area contributed by atoms with Crippen molar-refractivity contribution in [1.82, 2.24) is 0 Å². The maximum Gasteiger partial charge on any atom is 0.326 e. The fraction of sp³-hybridized carbons (Fsp3) is 0.273. The maximum atomic E-state index is 11.0. The minimum atomic E-state index is -1.10. The molecule has 0 saturated heterocycles. The molecular formula is C11H11ClO4. The molecular weight excluding hydrogens is 232 g/mol. The number of ether oxygens (including phenoxy) is 1. The summed E-state index contributed by atoms with van der Waals surface area (Å²) in [7, 11) is 1.32. The number of hydrogen-bond acceptors (Lipinski definition) is 3. The Kier molecular flexibility index (Phi) is 4.31. The second kappa shape index (κ2) is 5.51. The monoisotopic (exact) mass is 242 g/mol. The Bertz CT molecular complexity index is 385. The number of alkyl halides is 1. The summed E-state index contributed by atoms with van der Waals surface area (Å²) in [5.74, 6) is -1.43. The number of halogens is 1. The summed E-state index contributed by atoms with van der Waals surface area (Å²) in [6.45, 7) is 0. The molecule has 1 aromatic rings. The van der Waals surface area contributed by atoms with Crippen LogP contribution in [-0.2, 0) is 20.7 Å². The van der Waals surface area contributed by atoms with Crippen molar-refractivity contribution in [2.75, 3.05) is 7.11 Å². The lowest BCUT2D eigenvalue weighted by atomic mass is 10.1. The van der Waals surface area contributed by atoms with Crippen LogP contribution in [0.25, 0.3) is 0 Å². The van der Waals surface area contributed by atoms with Gasteiger partial charge in [0.05, 0.1) is 13.5 Å². The third kappa shape index (κ3) is 3.24. The number of carboxylic acids is 1. The number of rotatable bonds is 4. The maximum absolute atomic E-state index is 11.0. The second-order valence-corrected chi connectivity index (χ2v) is 3.63. The van der Waals surface area contributed by atoms with E-state index in [0.717, 1.165) is 5.56 Å². The Morgan fingerprint density at radius 3 is 2.38 bits per heavy atom. The number of aliphatic carboxylic acids is 1. The van der Waals surface area contributed by atoms with Crippen LogP contribution >= 0.6 is 11.6 Å². The molecule has 0 bridgehead atoms. The molecule has 4 nitrogen and oxygen atoms in total. The third-order valence-corrected chi connectivity index (χ3v) is 2.50. The van der Waals surface area contributed by atoms with Crippen molar-refractivity contribution < 1.29 is 19.4 Å². The summed E-state index contributed by atoms with van der Waals surface area (Å²) in [6, 6.07) is 6.49. The van der Waals surface area contributed by atoms with Crippen LogP contribution in [0.2, 0.25) is 0 Å². The molecule has 86 valence electrons. The predicted octanol–water partition coefficient (Wildman–Crippen LogP) is 1.77. The first-order valence-corrected chi connectivity index (χ1v) is 5.00. The average molecular weight is 243 g/mol. The van der Waals surface area contributed by atoms with Gasteiger partial charge in [0.2, 0.25) is 0 Å². The SMILES string of the molecule is COC(=O)Cc1ccc(C(Cl)C(=O)O)cc1. The van der Waals surface area contributed by atoms with E-state index in [1.807, 2.05) is 0 Å². The molecule has 1 aromatic carbocycles. The van der Waals surface area contributed by atoms with E-state index in [1.165, 1.54) is 7.11 Å². The highest BCUT2D eigenvalue weighted by molar-refractivity contribution is 6.29. The van der Waals surface area contributed by atoms with Gasteiger partial charge >= 0.3 is 11.9 Å². The van der Waals surface area contributed by atoms with E-state index in [1.54, 1.807) is 24.3 Å². The summed E-state index contributed by atoms with van der Waals surface area (Å²) < 4.78 is 4.51. The number of carboxylic acid groups (broad SMARTS) is 1. The molecule has 0 amide bonds. The number of esters is 1. The van der Waals surface area contributed by atoms with Gasteiger partial charge in [-0.15, -0.1) is 11.6 Å². The van der Waals surface area contributed by atoms with E-state index in [0.29, 0.717) is 5.56 Å². The smallest absolute Gasteiger partial charge is 0.326 e. The lowest BCUT2D eigenvalue weighted by molar-refractivity contribution is -0.140. The molecule has 0 heterocycles. The molecule has 1 unspecified atom stereocenters. The van der Waals surface area contributed by atoms with Crippen molar-refractivity contribution in [3.05, 3.63) is 35.4 Å². The average Bonchev–Trinajstić information content (AvgIpc) is 2.28. The van der Waals surface area contributed by atoms with Crippen LogP contribution in [0, 0.1) is 0 Å². The van der Waals surface area contributed by atoms with Crippen molar-refractivity contribution in [2.24, 2.45) is 0 Å². The minimum Gasteiger partial charge on any atom is -0.480 e. The van der Waals surface area contributed by atoms with Crippen molar-refractivity contribution >= 4 is 23.5 Å². The first-order chi connectivity index (χ1) is 7.54. The Balaban J connectivity index is 2.75. The molecule has 0 aliphatic carbocycles. The van der Waals surface area contributed by atoms with Crippen LogP contribution in [0.1, 0.15) is 16.5 Å². The van der Waals surface area contributed by atoms with Gasteiger partial charge in [-0.3, -0.25) is 9.59 Å². The molecule has 1 atom stereocenters. The molecule has 0 spiro atoms. The first kappa shape index (κ1) is 12.5. The summed E-state index contributed by atoms with van der Waals surface area (Å²) in [4.78, 5) is 21.6. The van der Waals surface area contributed by atoms with Crippen molar-refractivity contribution in [3.8, 4) is 0 Å². The Morgan fingerprint density at radius 1 is 1.38 bits per heavy atom. The van der Waals surface area contributed by atoms with E-state index < -0.39 is 11.3 Å². The number of methoxy groups -OCH3 is 1. The molecule has 1 N–H and O–H groups in total.